The van der Waals surface area contributed by atoms with E-state index in [1.165, 1.54) is 15.9 Å². The molecule has 0 atom stereocenters. The Morgan fingerprint density at radius 3 is 2.73 bits per heavy atom. The summed E-state index contributed by atoms with van der Waals surface area (Å²) in [4.78, 5) is 12.2. The fourth-order valence-corrected chi connectivity index (χ4v) is 4.15. The number of hydrogen-bond donors (Lipinski definition) is 1. The van der Waals surface area contributed by atoms with Crippen molar-refractivity contribution in [1.82, 2.24) is 19.1 Å². The Bertz CT molecular complexity index is 1090. The molecule has 0 amide bonds. The van der Waals surface area contributed by atoms with Crippen molar-refractivity contribution in [2.75, 3.05) is 6.54 Å². The van der Waals surface area contributed by atoms with Gasteiger partial charge in [0.2, 0.25) is 10.0 Å². The van der Waals surface area contributed by atoms with Crippen molar-refractivity contribution in [1.29, 1.82) is 0 Å². The van der Waals surface area contributed by atoms with Crippen molar-refractivity contribution >= 4 is 21.4 Å². The van der Waals surface area contributed by atoms with E-state index in [-0.39, 0.29) is 13.1 Å². The lowest BCUT2D eigenvalue weighted by atomic mass is 10.3. The van der Waals surface area contributed by atoms with Crippen LogP contribution in [0.3, 0.4) is 0 Å². The molecule has 0 aliphatic rings. The molecule has 0 fully saturated rings. The van der Waals surface area contributed by atoms with Crippen molar-refractivity contribution in [2.45, 2.75) is 11.4 Å². The number of aromatic nitrogens is 3. The van der Waals surface area contributed by atoms with Crippen LogP contribution in [0.1, 0.15) is 0 Å². The van der Waals surface area contributed by atoms with Crippen LogP contribution in [-0.2, 0) is 23.6 Å². The summed E-state index contributed by atoms with van der Waals surface area (Å²) in [5, 5.41) is 6.03. The van der Waals surface area contributed by atoms with Gasteiger partial charge in [-0.25, -0.2) is 31.4 Å². The molecule has 0 unspecified atom stereocenters. The Labute approximate surface area is 151 Å². The van der Waals surface area contributed by atoms with Gasteiger partial charge in [-0.05, 0) is 29.6 Å². The minimum Gasteiger partial charge on any atom is -0.277 e. The number of hydrogen-bond acceptors (Lipinski definition) is 5. The van der Waals surface area contributed by atoms with Crippen LogP contribution >= 0.6 is 11.3 Å². The SMILES string of the molecule is Cn1c(-c2cccs2)nn(CCNS(=O)(=O)c2cc(F)ccc2F)c1=O. The van der Waals surface area contributed by atoms with E-state index in [9.17, 15) is 22.0 Å². The van der Waals surface area contributed by atoms with Crippen molar-refractivity contribution in [3.05, 3.63) is 57.8 Å². The molecule has 0 saturated heterocycles. The van der Waals surface area contributed by atoms with E-state index >= 15 is 0 Å². The summed E-state index contributed by atoms with van der Waals surface area (Å²) in [6.07, 6.45) is 0. The molecule has 1 N–H and O–H groups in total. The van der Waals surface area contributed by atoms with Gasteiger partial charge in [-0.1, -0.05) is 6.07 Å². The molecule has 0 spiro atoms. The second kappa shape index (κ2) is 7.09. The predicted molar refractivity (Wildman–Crippen MR) is 92.3 cm³/mol. The molecule has 1 aromatic carbocycles. The quantitative estimate of drug-likeness (QED) is 0.681. The molecule has 2 aromatic heterocycles. The summed E-state index contributed by atoms with van der Waals surface area (Å²) in [5.41, 5.74) is -0.412. The van der Waals surface area contributed by atoms with Crippen LogP contribution in [0.4, 0.5) is 8.78 Å². The van der Waals surface area contributed by atoms with E-state index < -0.39 is 32.2 Å². The standard InChI is InChI=1S/C15H14F2N4O3S2/c1-20-14(12-3-2-8-25-12)19-21(15(20)22)7-6-18-26(23,24)13-9-10(16)4-5-11(13)17/h2-5,8-9,18H,6-7H2,1H3. The zero-order valence-corrected chi connectivity index (χ0v) is 15.2. The number of nitrogens with one attached hydrogen (secondary N) is 1. The first-order valence-corrected chi connectivity index (χ1v) is 9.78. The van der Waals surface area contributed by atoms with Gasteiger partial charge in [0.1, 0.15) is 16.5 Å². The van der Waals surface area contributed by atoms with Gasteiger partial charge in [-0.3, -0.25) is 4.57 Å². The van der Waals surface area contributed by atoms with Crippen LogP contribution in [0.2, 0.25) is 0 Å². The second-order valence-corrected chi connectivity index (χ2v) is 8.02. The van der Waals surface area contributed by atoms with E-state index in [1.807, 2.05) is 17.5 Å². The molecule has 0 radical (unpaired) electrons. The van der Waals surface area contributed by atoms with Crippen molar-refractivity contribution < 1.29 is 17.2 Å². The zero-order valence-electron chi connectivity index (χ0n) is 13.5. The van der Waals surface area contributed by atoms with E-state index in [1.54, 1.807) is 7.05 Å². The third-order valence-corrected chi connectivity index (χ3v) is 5.92. The van der Waals surface area contributed by atoms with Crippen LogP contribution < -0.4 is 10.4 Å². The number of nitrogens with zero attached hydrogens (tertiary/aromatic N) is 3. The molecule has 26 heavy (non-hydrogen) atoms. The Hall–Kier alpha value is -2.37. The maximum absolute atomic E-state index is 13.6. The van der Waals surface area contributed by atoms with Gasteiger partial charge in [-0.15, -0.1) is 16.4 Å². The minimum atomic E-state index is -4.26. The number of halogens is 2. The third-order valence-electron chi connectivity index (χ3n) is 3.58. The average molecular weight is 400 g/mol. The Morgan fingerprint density at radius 2 is 2.04 bits per heavy atom. The Morgan fingerprint density at radius 1 is 1.27 bits per heavy atom. The summed E-state index contributed by atoms with van der Waals surface area (Å²) in [6.45, 7) is -0.271. The fourth-order valence-electron chi connectivity index (χ4n) is 2.30. The van der Waals surface area contributed by atoms with E-state index in [0.29, 0.717) is 11.9 Å². The highest BCUT2D eigenvalue weighted by Gasteiger charge is 2.20. The molecule has 0 aliphatic heterocycles. The molecule has 0 bridgehead atoms. The number of benzene rings is 1. The lowest BCUT2D eigenvalue weighted by Crippen LogP contribution is -2.32. The topological polar surface area (TPSA) is 86.0 Å². The molecule has 0 aliphatic carbocycles. The molecule has 138 valence electrons. The highest BCUT2D eigenvalue weighted by atomic mass is 32.2. The van der Waals surface area contributed by atoms with Crippen molar-refractivity contribution in [3.8, 4) is 10.7 Å². The first kappa shape index (κ1) is 18.4. The van der Waals surface area contributed by atoms with Gasteiger partial charge in [0, 0.05) is 13.6 Å². The fraction of sp³-hybridized carbons (Fsp3) is 0.200. The summed E-state index contributed by atoms with van der Waals surface area (Å²) < 4.78 is 55.6. The lowest BCUT2D eigenvalue weighted by Gasteiger charge is -2.07. The smallest absolute Gasteiger partial charge is 0.277 e. The normalized spacial score (nSPS) is 11.8. The zero-order chi connectivity index (χ0) is 18.9. The van der Waals surface area contributed by atoms with Gasteiger partial charge in [0.15, 0.2) is 5.82 Å². The molecular weight excluding hydrogens is 386 g/mol. The molecule has 3 rings (SSSR count). The van der Waals surface area contributed by atoms with Gasteiger partial charge in [0.25, 0.3) is 0 Å². The lowest BCUT2D eigenvalue weighted by molar-refractivity contribution is 0.533. The van der Waals surface area contributed by atoms with Gasteiger partial charge in [-0.2, -0.15) is 0 Å². The summed E-state index contributed by atoms with van der Waals surface area (Å²) >= 11 is 1.42. The molecule has 0 saturated carbocycles. The first-order valence-electron chi connectivity index (χ1n) is 7.42. The number of sulfonamides is 1. The van der Waals surface area contributed by atoms with E-state index in [4.69, 9.17) is 0 Å². The van der Waals surface area contributed by atoms with Gasteiger partial charge < -0.3 is 0 Å². The Balaban J connectivity index is 1.75. The number of thiophene rings is 1. The molecule has 7 nitrogen and oxygen atoms in total. The van der Waals surface area contributed by atoms with Crippen LogP contribution in [0, 0.1) is 11.6 Å². The summed E-state index contributed by atoms with van der Waals surface area (Å²) in [6, 6.07) is 5.80. The maximum atomic E-state index is 13.6. The molecule has 11 heteroatoms. The van der Waals surface area contributed by atoms with Crippen LogP contribution in [0.15, 0.2) is 45.4 Å². The third kappa shape index (κ3) is 3.59. The van der Waals surface area contributed by atoms with Crippen molar-refractivity contribution in [3.63, 3.8) is 0 Å². The minimum absolute atomic E-state index is 0.0613. The summed E-state index contributed by atoms with van der Waals surface area (Å²) in [7, 11) is -2.69. The van der Waals surface area contributed by atoms with Gasteiger partial charge >= 0.3 is 5.69 Å². The highest BCUT2D eigenvalue weighted by Crippen LogP contribution is 2.20. The Kier molecular flexibility index (Phi) is 5.03. The van der Waals surface area contributed by atoms with Crippen LogP contribution in [0.5, 0.6) is 0 Å². The summed E-state index contributed by atoms with van der Waals surface area (Å²) in [5.74, 6) is -1.47. The predicted octanol–water partition coefficient (Wildman–Crippen LogP) is 1.57. The molecular formula is C15H14F2N4O3S2. The van der Waals surface area contributed by atoms with Crippen LogP contribution in [-0.4, -0.2) is 29.3 Å². The van der Waals surface area contributed by atoms with Crippen molar-refractivity contribution in [2.24, 2.45) is 7.05 Å². The van der Waals surface area contributed by atoms with E-state index in [0.717, 1.165) is 21.7 Å². The highest BCUT2D eigenvalue weighted by molar-refractivity contribution is 7.89. The van der Waals surface area contributed by atoms with Crippen LogP contribution in [0.25, 0.3) is 10.7 Å². The largest absolute Gasteiger partial charge is 0.345 e. The van der Waals surface area contributed by atoms with Gasteiger partial charge in [0.05, 0.1) is 11.4 Å². The van der Waals surface area contributed by atoms with E-state index in [2.05, 4.69) is 9.82 Å². The first-order chi connectivity index (χ1) is 12.3. The molecule has 3 aromatic rings. The second-order valence-electron chi connectivity index (χ2n) is 5.34. The average Bonchev–Trinajstić information content (AvgIpc) is 3.21. The maximum Gasteiger partial charge on any atom is 0.345 e. The molecule has 2 heterocycles. The number of rotatable bonds is 6. The monoisotopic (exact) mass is 400 g/mol.